The number of nitrogens with zero attached hydrogens (tertiary/aromatic N) is 3. The molecule has 182 valence electrons. The van der Waals surface area contributed by atoms with Crippen LogP contribution in [0, 0.1) is 11.7 Å². The standard InChI is InChI=1S/C25H23Cl2FN4O3/c1-3-22(33)32-11-13-6-14(32)8-15(7-13)35-21-9-16-19(10-20(21)34-2)29-12-30-25(16)31-18-5-4-17(26)23(27)24(18)28/h3-5,9-10,12-15H,1,6-8,11H2,2H3,(H,29,30,31). The highest BCUT2D eigenvalue weighted by Gasteiger charge is 2.42. The molecule has 1 saturated heterocycles. The SMILES string of the molecule is C=CC(=O)N1CC2CC(Oc3cc4c(Nc5ccc(Cl)c(Cl)c5F)ncnc4cc3OC)CC1C2. The van der Waals surface area contributed by atoms with Crippen molar-refractivity contribution in [1.82, 2.24) is 14.9 Å². The van der Waals surface area contributed by atoms with Crippen LogP contribution in [-0.2, 0) is 4.79 Å². The number of hydrogen-bond donors (Lipinski definition) is 1. The zero-order chi connectivity index (χ0) is 24.7. The summed E-state index contributed by atoms with van der Waals surface area (Å²) in [6.45, 7) is 4.34. The van der Waals surface area contributed by atoms with Gasteiger partial charge in [-0.25, -0.2) is 14.4 Å². The molecule has 1 saturated carbocycles. The van der Waals surface area contributed by atoms with E-state index in [4.69, 9.17) is 32.7 Å². The minimum absolute atomic E-state index is 0.0381. The van der Waals surface area contributed by atoms with E-state index in [0.29, 0.717) is 34.1 Å². The van der Waals surface area contributed by atoms with E-state index in [1.54, 1.807) is 19.2 Å². The number of ether oxygens (including phenoxy) is 2. The van der Waals surface area contributed by atoms with E-state index < -0.39 is 5.82 Å². The fourth-order valence-electron chi connectivity index (χ4n) is 5.01. The lowest BCUT2D eigenvalue weighted by atomic mass is 9.88. The Kier molecular flexibility index (Phi) is 6.42. The predicted molar refractivity (Wildman–Crippen MR) is 133 cm³/mol. The number of halogens is 3. The lowest BCUT2D eigenvalue weighted by Crippen LogP contribution is -2.37. The largest absolute Gasteiger partial charge is 0.493 e. The van der Waals surface area contributed by atoms with Gasteiger partial charge in [-0.1, -0.05) is 29.8 Å². The first-order valence-electron chi connectivity index (χ1n) is 11.2. The van der Waals surface area contributed by atoms with Gasteiger partial charge < -0.3 is 19.7 Å². The Morgan fingerprint density at radius 1 is 1.23 bits per heavy atom. The zero-order valence-electron chi connectivity index (χ0n) is 18.9. The number of nitrogens with one attached hydrogen (secondary N) is 1. The fraction of sp³-hybridized carbons (Fsp3) is 0.320. The summed E-state index contributed by atoms with van der Waals surface area (Å²) in [7, 11) is 1.56. The monoisotopic (exact) mass is 516 g/mol. The summed E-state index contributed by atoms with van der Waals surface area (Å²) in [6.07, 6.45) is 5.20. The zero-order valence-corrected chi connectivity index (χ0v) is 20.4. The maximum atomic E-state index is 14.6. The average molecular weight is 517 g/mol. The van der Waals surface area contributed by atoms with Crippen molar-refractivity contribution in [2.75, 3.05) is 19.0 Å². The highest BCUT2D eigenvalue weighted by molar-refractivity contribution is 6.42. The number of aromatic nitrogens is 2. The van der Waals surface area contributed by atoms with Crippen LogP contribution in [0.3, 0.4) is 0 Å². The lowest BCUT2D eigenvalue weighted by molar-refractivity contribution is -0.127. The van der Waals surface area contributed by atoms with E-state index in [2.05, 4.69) is 21.9 Å². The van der Waals surface area contributed by atoms with Crippen molar-refractivity contribution in [2.24, 2.45) is 5.92 Å². The molecule has 1 aromatic heterocycles. The van der Waals surface area contributed by atoms with Crippen LogP contribution in [0.4, 0.5) is 15.9 Å². The molecule has 1 amide bonds. The van der Waals surface area contributed by atoms with E-state index >= 15 is 0 Å². The molecule has 3 aromatic rings. The van der Waals surface area contributed by atoms with Crippen molar-refractivity contribution in [1.29, 1.82) is 0 Å². The van der Waals surface area contributed by atoms with Crippen molar-refractivity contribution >= 4 is 51.5 Å². The van der Waals surface area contributed by atoms with Crippen molar-refractivity contribution in [2.45, 2.75) is 31.4 Å². The Hall–Kier alpha value is -3.10. The van der Waals surface area contributed by atoms with Crippen molar-refractivity contribution in [3.05, 3.63) is 59.1 Å². The van der Waals surface area contributed by atoms with Crippen LogP contribution in [0.15, 0.2) is 43.2 Å². The Bertz CT molecular complexity index is 1320. The molecule has 5 rings (SSSR count). The van der Waals surface area contributed by atoms with Gasteiger partial charge in [-0.05, 0) is 43.0 Å². The van der Waals surface area contributed by atoms with Crippen molar-refractivity contribution in [3.63, 3.8) is 0 Å². The van der Waals surface area contributed by atoms with Gasteiger partial charge in [0.1, 0.15) is 18.2 Å². The maximum absolute atomic E-state index is 14.6. The fourth-order valence-corrected chi connectivity index (χ4v) is 5.32. The molecule has 0 radical (unpaired) electrons. The molecule has 10 heteroatoms. The number of fused-ring (bicyclic) bond motifs is 3. The highest BCUT2D eigenvalue weighted by Crippen LogP contribution is 2.41. The molecule has 1 aliphatic carbocycles. The number of carbonyl (C=O) groups excluding carboxylic acids is 1. The molecule has 1 aliphatic heterocycles. The van der Waals surface area contributed by atoms with Gasteiger partial charge in [0, 0.05) is 30.5 Å². The number of likely N-dealkylation sites (tertiary alicyclic amines) is 1. The molecule has 2 aliphatic rings. The minimum atomic E-state index is -0.674. The molecule has 1 N–H and O–H groups in total. The first kappa shape index (κ1) is 23.6. The van der Waals surface area contributed by atoms with Gasteiger partial charge in [-0.15, -0.1) is 0 Å². The van der Waals surface area contributed by atoms with E-state index in [-0.39, 0.29) is 33.8 Å². The summed E-state index contributed by atoms with van der Waals surface area (Å²) >= 11 is 11.9. The Morgan fingerprint density at radius 2 is 2.06 bits per heavy atom. The van der Waals surface area contributed by atoms with Crippen molar-refractivity contribution in [3.8, 4) is 11.5 Å². The summed E-state index contributed by atoms with van der Waals surface area (Å²) in [5.74, 6) is 1.11. The number of amides is 1. The Labute approximate surface area is 211 Å². The van der Waals surface area contributed by atoms with Gasteiger partial charge in [0.15, 0.2) is 17.3 Å². The normalized spacial score (nSPS) is 21.1. The molecule has 3 unspecified atom stereocenters. The smallest absolute Gasteiger partial charge is 0.246 e. The van der Waals surface area contributed by atoms with Gasteiger partial charge in [-0.2, -0.15) is 0 Å². The number of carbonyl (C=O) groups is 1. The van der Waals surface area contributed by atoms with Gasteiger partial charge in [0.2, 0.25) is 5.91 Å². The lowest BCUT2D eigenvalue weighted by Gasteiger charge is -2.30. The first-order valence-corrected chi connectivity index (χ1v) is 12.0. The van der Waals surface area contributed by atoms with Crippen LogP contribution in [0.1, 0.15) is 19.3 Å². The Balaban J connectivity index is 1.45. The molecule has 2 aromatic carbocycles. The number of methoxy groups -OCH3 is 1. The molecular formula is C25H23Cl2FN4O3. The first-order chi connectivity index (χ1) is 16.9. The quantitative estimate of drug-likeness (QED) is 0.331. The van der Waals surface area contributed by atoms with Gasteiger partial charge in [0.25, 0.3) is 0 Å². The van der Waals surface area contributed by atoms with Crippen LogP contribution in [-0.4, -0.2) is 46.6 Å². The maximum Gasteiger partial charge on any atom is 0.246 e. The van der Waals surface area contributed by atoms with Crippen LogP contribution in [0.5, 0.6) is 11.5 Å². The van der Waals surface area contributed by atoms with E-state index in [0.717, 1.165) is 25.8 Å². The predicted octanol–water partition coefficient (Wildman–Crippen LogP) is 5.77. The number of benzene rings is 2. The molecule has 35 heavy (non-hydrogen) atoms. The third kappa shape index (κ3) is 4.48. The summed E-state index contributed by atoms with van der Waals surface area (Å²) in [4.78, 5) is 22.7. The second kappa shape index (κ2) is 9.51. The average Bonchev–Trinajstić information content (AvgIpc) is 3.17. The summed E-state index contributed by atoms with van der Waals surface area (Å²) in [6, 6.07) is 6.68. The van der Waals surface area contributed by atoms with E-state index in [1.807, 2.05) is 4.90 Å². The second-order valence-electron chi connectivity index (χ2n) is 8.75. The van der Waals surface area contributed by atoms with Gasteiger partial charge in [-0.3, -0.25) is 4.79 Å². The molecule has 2 fully saturated rings. The molecule has 7 nitrogen and oxygen atoms in total. The van der Waals surface area contributed by atoms with Crippen LogP contribution in [0.25, 0.3) is 10.9 Å². The second-order valence-corrected chi connectivity index (χ2v) is 9.54. The molecule has 3 atom stereocenters. The molecule has 0 spiro atoms. The third-order valence-electron chi connectivity index (χ3n) is 6.59. The van der Waals surface area contributed by atoms with E-state index in [9.17, 15) is 9.18 Å². The van der Waals surface area contributed by atoms with Crippen LogP contribution in [0.2, 0.25) is 10.0 Å². The van der Waals surface area contributed by atoms with Gasteiger partial charge >= 0.3 is 0 Å². The van der Waals surface area contributed by atoms with Crippen LogP contribution >= 0.6 is 23.2 Å². The summed E-state index contributed by atoms with van der Waals surface area (Å²) in [5.41, 5.74) is 0.729. The Morgan fingerprint density at radius 3 is 2.83 bits per heavy atom. The van der Waals surface area contributed by atoms with Crippen LogP contribution < -0.4 is 14.8 Å². The molecule has 2 heterocycles. The summed E-state index contributed by atoms with van der Waals surface area (Å²) in [5, 5.41) is 3.56. The van der Waals surface area contributed by atoms with E-state index in [1.165, 1.54) is 24.5 Å². The number of rotatable bonds is 6. The number of anilines is 2. The number of hydrogen-bond acceptors (Lipinski definition) is 6. The highest BCUT2D eigenvalue weighted by atomic mass is 35.5. The van der Waals surface area contributed by atoms with Gasteiger partial charge in [0.05, 0.1) is 28.4 Å². The third-order valence-corrected chi connectivity index (χ3v) is 7.37. The minimum Gasteiger partial charge on any atom is -0.493 e. The topological polar surface area (TPSA) is 76.6 Å². The molecular weight excluding hydrogens is 494 g/mol. The van der Waals surface area contributed by atoms with Crippen molar-refractivity contribution < 1.29 is 18.7 Å². The molecule has 2 bridgehead atoms. The summed E-state index contributed by atoms with van der Waals surface area (Å²) < 4.78 is 26.6.